The van der Waals surface area contributed by atoms with E-state index in [1.807, 2.05) is 6.92 Å². The van der Waals surface area contributed by atoms with Crippen LogP contribution in [0.2, 0.25) is 0 Å². The molecular formula is C22H18F2N4O2. The first-order valence-corrected chi connectivity index (χ1v) is 9.25. The highest BCUT2D eigenvalue weighted by molar-refractivity contribution is 5.77. The predicted molar refractivity (Wildman–Crippen MR) is 107 cm³/mol. The van der Waals surface area contributed by atoms with Gasteiger partial charge in [-0.15, -0.1) is 0 Å². The molecular weight excluding hydrogens is 390 g/mol. The number of halogens is 2. The Kier molecular flexibility index (Phi) is 5.49. The fourth-order valence-electron chi connectivity index (χ4n) is 2.99. The first kappa shape index (κ1) is 19.7. The minimum atomic E-state index is -0.372. The van der Waals surface area contributed by atoms with Gasteiger partial charge in [0.05, 0.1) is 36.1 Å². The zero-order chi connectivity index (χ0) is 21.1. The molecule has 4 aromatic rings. The molecule has 0 aliphatic rings. The number of aromatic nitrogens is 4. The van der Waals surface area contributed by atoms with Gasteiger partial charge in [-0.1, -0.05) is 0 Å². The first-order chi connectivity index (χ1) is 14.5. The van der Waals surface area contributed by atoms with Crippen molar-refractivity contribution in [2.24, 2.45) is 0 Å². The summed E-state index contributed by atoms with van der Waals surface area (Å²) in [6, 6.07) is 13.0. The number of rotatable bonds is 6. The molecule has 0 saturated heterocycles. The Hall–Kier alpha value is -3.65. The minimum Gasteiger partial charge on any atom is -0.424 e. The smallest absolute Gasteiger partial charge is 0.322 e. The van der Waals surface area contributed by atoms with E-state index in [-0.39, 0.29) is 30.3 Å². The molecule has 8 heteroatoms. The zero-order valence-electron chi connectivity index (χ0n) is 16.0. The molecule has 1 atom stereocenters. The first-order valence-electron chi connectivity index (χ1n) is 9.25. The van der Waals surface area contributed by atoms with E-state index in [0.29, 0.717) is 28.4 Å². The van der Waals surface area contributed by atoms with E-state index in [1.165, 1.54) is 42.6 Å². The molecule has 0 radical (unpaired) electrons. The third-order valence-electron chi connectivity index (χ3n) is 4.55. The zero-order valence-corrected chi connectivity index (χ0v) is 16.0. The van der Waals surface area contributed by atoms with Crippen molar-refractivity contribution in [3.05, 3.63) is 78.8 Å². The van der Waals surface area contributed by atoms with E-state index in [2.05, 4.69) is 15.0 Å². The van der Waals surface area contributed by atoms with E-state index in [9.17, 15) is 13.9 Å². The van der Waals surface area contributed by atoms with Crippen molar-refractivity contribution in [1.29, 1.82) is 0 Å². The molecule has 6 nitrogen and oxygen atoms in total. The lowest BCUT2D eigenvalue weighted by molar-refractivity contribution is 0.239. The summed E-state index contributed by atoms with van der Waals surface area (Å²) in [6.07, 6.45) is 3.15. The lowest BCUT2D eigenvalue weighted by Gasteiger charge is -2.15. The van der Waals surface area contributed by atoms with Crippen LogP contribution in [0.15, 0.2) is 67.1 Å². The molecule has 1 N–H and O–H groups in total. The summed E-state index contributed by atoms with van der Waals surface area (Å²) in [5.74, 6) is -0.326. The van der Waals surface area contributed by atoms with E-state index in [1.54, 1.807) is 29.1 Å². The summed E-state index contributed by atoms with van der Waals surface area (Å²) in [5, 5.41) is 9.66. The Labute approximate surface area is 171 Å². The average Bonchev–Trinajstić information content (AvgIpc) is 3.21. The van der Waals surface area contributed by atoms with Crippen molar-refractivity contribution < 1.29 is 18.6 Å². The van der Waals surface area contributed by atoms with Gasteiger partial charge in [0.2, 0.25) is 0 Å². The summed E-state index contributed by atoms with van der Waals surface area (Å²) in [6.45, 7) is 1.74. The number of ether oxygens (including phenoxy) is 1. The highest BCUT2D eigenvalue weighted by Crippen LogP contribution is 2.33. The highest BCUT2D eigenvalue weighted by Gasteiger charge is 2.20. The topological polar surface area (TPSA) is 73.1 Å². The van der Waals surface area contributed by atoms with Gasteiger partial charge in [-0.05, 0) is 61.5 Å². The van der Waals surface area contributed by atoms with Gasteiger partial charge in [0, 0.05) is 11.8 Å². The van der Waals surface area contributed by atoms with Crippen molar-refractivity contribution in [3.8, 4) is 34.4 Å². The third kappa shape index (κ3) is 4.04. The average molecular weight is 408 g/mol. The van der Waals surface area contributed by atoms with Crippen LogP contribution in [0.5, 0.6) is 11.8 Å². The van der Waals surface area contributed by atoms with Crippen LogP contribution in [-0.4, -0.2) is 31.2 Å². The molecule has 0 unspecified atom stereocenters. The van der Waals surface area contributed by atoms with Crippen LogP contribution in [0.4, 0.5) is 8.78 Å². The number of nitrogens with zero attached hydrogens (tertiary/aromatic N) is 4. The van der Waals surface area contributed by atoms with Crippen LogP contribution < -0.4 is 4.74 Å². The highest BCUT2D eigenvalue weighted by atomic mass is 19.1. The second kappa shape index (κ2) is 8.38. The maximum Gasteiger partial charge on any atom is 0.322 e. The Morgan fingerprint density at radius 3 is 2.30 bits per heavy atom. The fourth-order valence-corrected chi connectivity index (χ4v) is 2.99. The summed E-state index contributed by atoms with van der Waals surface area (Å²) in [5.41, 5.74) is 2.44. The van der Waals surface area contributed by atoms with Gasteiger partial charge >= 0.3 is 6.01 Å². The molecule has 152 valence electrons. The van der Waals surface area contributed by atoms with Crippen LogP contribution in [-0.2, 0) is 0 Å². The maximum atomic E-state index is 13.4. The minimum absolute atomic E-state index is 0.0774. The predicted octanol–water partition coefficient (Wildman–Crippen LogP) is 4.63. The Morgan fingerprint density at radius 2 is 1.63 bits per heavy atom. The van der Waals surface area contributed by atoms with Crippen molar-refractivity contribution in [2.45, 2.75) is 13.0 Å². The largest absolute Gasteiger partial charge is 0.424 e. The van der Waals surface area contributed by atoms with E-state index < -0.39 is 0 Å². The van der Waals surface area contributed by atoms with E-state index >= 15 is 0 Å². The molecule has 0 aliphatic carbocycles. The molecule has 0 amide bonds. The van der Waals surface area contributed by atoms with Crippen LogP contribution in [0.1, 0.15) is 13.0 Å². The van der Waals surface area contributed by atoms with Crippen molar-refractivity contribution in [2.75, 3.05) is 6.61 Å². The molecule has 0 aliphatic heterocycles. The molecule has 0 saturated carbocycles. The van der Waals surface area contributed by atoms with Gasteiger partial charge in [0.1, 0.15) is 17.4 Å². The Balaban J connectivity index is 1.77. The normalized spacial score (nSPS) is 12.0. The monoisotopic (exact) mass is 408 g/mol. The Bertz CT molecular complexity index is 1140. The summed E-state index contributed by atoms with van der Waals surface area (Å²) in [7, 11) is 0. The number of aliphatic hydroxyl groups is 1. The molecule has 2 aromatic carbocycles. The third-order valence-corrected chi connectivity index (χ3v) is 4.55. The quantitative estimate of drug-likeness (QED) is 0.504. The molecule has 0 bridgehead atoms. The van der Waals surface area contributed by atoms with Crippen molar-refractivity contribution >= 4 is 0 Å². The summed E-state index contributed by atoms with van der Waals surface area (Å²) in [4.78, 5) is 13.1. The van der Waals surface area contributed by atoms with Gasteiger partial charge < -0.3 is 14.4 Å². The lowest BCUT2D eigenvalue weighted by Crippen LogP contribution is -2.10. The molecule has 0 fully saturated rings. The van der Waals surface area contributed by atoms with Crippen LogP contribution in [0, 0.1) is 11.6 Å². The van der Waals surface area contributed by atoms with Crippen molar-refractivity contribution in [3.63, 3.8) is 0 Å². The number of benzene rings is 2. The molecule has 0 spiro atoms. The van der Waals surface area contributed by atoms with Crippen LogP contribution in [0.25, 0.3) is 22.6 Å². The summed E-state index contributed by atoms with van der Waals surface area (Å²) >= 11 is 0. The molecule has 4 rings (SSSR count). The Morgan fingerprint density at radius 1 is 0.967 bits per heavy atom. The molecule has 2 aromatic heterocycles. The van der Waals surface area contributed by atoms with Gasteiger partial charge in [0.25, 0.3) is 0 Å². The number of hydrogen-bond acceptors (Lipinski definition) is 5. The standard InChI is InChI=1S/C22H18F2N4O2/c1-14(12-29)28-13-26-20(15-2-4-16(23)5-3-15)21(28)19-10-11-25-22(27-19)30-18-8-6-17(24)7-9-18/h2-11,13-14,29H,12H2,1H3/t14-/m0/s1. The van der Waals surface area contributed by atoms with Gasteiger partial charge in [-0.2, -0.15) is 4.98 Å². The number of imidazole rings is 1. The lowest BCUT2D eigenvalue weighted by atomic mass is 10.1. The number of aliphatic hydroxyl groups excluding tert-OH is 1. The van der Waals surface area contributed by atoms with Crippen molar-refractivity contribution in [1.82, 2.24) is 19.5 Å². The molecule has 2 heterocycles. The summed E-state index contributed by atoms with van der Waals surface area (Å²) < 4.78 is 33.9. The van der Waals surface area contributed by atoms with Gasteiger partial charge in [0.15, 0.2) is 0 Å². The fraction of sp³-hybridized carbons (Fsp3) is 0.136. The van der Waals surface area contributed by atoms with E-state index in [0.717, 1.165) is 0 Å². The van der Waals surface area contributed by atoms with Gasteiger partial charge in [-0.3, -0.25) is 0 Å². The second-order valence-electron chi connectivity index (χ2n) is 6.67. The van der Waals surface area contributed by atoms with Gasteiger partial charge in [-0.25, -0.2) is 18.7 Å². The van der Waals surface area contributed by atoms with Crippen LogP contribution in [0.3, 0.4) is 0 Å². The van der Waals surface area contributed by atoms with Crippen LogP contribution >= 0.6 is 0 Å². The maximum absolute atomic E-state index is 13.4. The SMILES string of the molecule is C[C@@H](CO)n1cnc(-c2ccc(F)cc2)c1-c1ccnc(Oc2ccc(F)cc2)n1. The number of hydrogen-bond donors (Lipinski definition) is 1. The second-order valence-corrected chi connectivity index (χ2v) is 6.67. The molecule has 30 heavy (non-hydrogen) atoms. The van der Waals surface area contributed by atoms with E-state index in [4.69, 9.17) is 4.74 Å².